The molecule has 0 bridgehead atoms. The van der Waals surface area contributed by atoms with Gasteiger partial charge in [-0.05, 0) is 39.3 Å². The molecule has 1 fully saturated rings. The highest BCUT2D eigenvalue weighted by Crippen LogP contribution is 2.45. The highest BCUT2D eigenvalue weighted by Gasteiger charge is 2.36. The zero-order valence-electron chi connectivity index (χ0n) is 21.4. The van der Waals surface area contributed by atoms with E-state index in [1.807, 2.05) is 6.92 Å². The molecule has 3 rings (SSSR count). The lowest BCUT2D eigenvalue weighted by molar-refractivity contribution is -0.150. The molecule has 204 valence electrons. The fourth-order valence-corrected chi connectivity index (χ4v) is 4.96. The van der Waals surface area contributed by atoms with E-state index in [0.29, 0.717) is 5.56 Å². The maximum atomic E-state index is 13.6. The van der Waals surface area contributed by atoms with E-state index in [1.54, 1.807) is 44.2 Å². The lowest BCUT2D eigenvalue weighted by Crippen LogP contribution is -2.37. The third kappa shape index (κ3) is 8.37. The van der Waals surface area contributed by atoms with Crippen LogP contribution in [0.5, 0.6) is 5.75 Å². The van der Waals surface area contributed by atoms with Crippen molar-refractivity contribution in [3.05, 3.63) is 62.9 Å². The van der Waals surface area contributed by atoms with Gasteiger partial charge in [-0.2, -0.15) is 5.09 Å². The van der Waals surface area contributed by atoms with Crippen molar-refractivity contribution in [2.45, 2.75) is 71.6 Å². The van der Waals surface area contributed by atoms with Gasteiger partial charge in [-0.1, -0.05) is 38.0 Å². The second-order valence-electron chi connectivity index (χ2n) is 8.77. The lowest BCUT2D eigenvalue weighted by Gasteiger charge is -2.24. The predicted molar refractivity (Wildman–Crippen MR) is 134 cm³/mol. The van der Waals surface area contributed by atoms with Crippen LogP contribution in [0.1, 0.15) is 51.8 Å². The van der Waals surface area contributed by atoms with Crippen molar-refractivity contribution in [2.75, 3.05) is 13.2 Å². The second-order valence-corrected chi connectivity index (χ2v) is 10.5. The van der Waals surface area contributed by atoms with E-state index >= 15 is 0 Å². The van der Waals surface area contributed by atoms with Crippen molar-refractivity contribution >= 4 is 13.7 Å². The van der Waals surface area contributed by atoms with Gasteiger partial charge < -0.3 is 18.7 Å². The summed E-state index contributed by atoms with van der Waals surface area (Å²) in [7, 11) is -4.11. The Morgan fingerprint density at radius 2 is 2.00 bits per heavy atom. The highest BCUT2D eigenvalue weighted by atomic mass is 31.2. The third-order valence-corrected chi connectivity index (χ3v) is 7.17. The number of nitrogens with zero attached hydrogens (tertiary/aromatic N) is 1. The summed E-state index contributed by atoms with van der Waals surface area (Å²) in [6, 6.07) is 7.35. The molecule has 12 nitrogen and oxygen atoms in total. The summed E-state index contributed by atoms with van der Waals surface area (Å²) < 4.78 is 42.7. The van der Waals surface area contributed by atoms with E-state index in [9.17, 15) is 18.9 Å². The van der Waals surface area contributed by atoms with E-state index < -0.39 is 43.5 Å². The number of esters is 1. The summed E-state index contributed by atoms with van der Waals surface area (Å²) >= 11 is 0. The first-order valence-electron chi connectivity index (χ1n) is 12.2. The number of rotatable bonds is 13. The molecule has 1 saturated heterocycles. The van der Waals surface area contributed by atoms with Gasteiger partial charge in [0.2, 0.25) is 0 Å². The Morgan fingerprint density at radius 3 is 2.70 bits per heavy atom. The molecule has 1 aromatic carbocycles. The molecule has 2 aromatic rings. The molecule has 1 aliphatic heterocycles. The van der Waals surface area contributed by atoms with E-state index in [0.717, 1.165) is 19.3 Å². The summed E-state index contributed by atoms with van der Waals surface area (Å²) in [6.45, 7) is 6.58. The normalized spacial score (nSPS) is 20.6. The fourth-order valence-electron chi connectivity index (χ4n) is 3.49. The molecular weight excluding hydrogens is 505 g/mol. The highest BCUT2D eigenvalue weighted by molar-refractivity contribution is 7.52. The van der Waals surface area contributed by atoms with Crippen LogP contribution in [-0.4, -0.2) is 47.2 Å². The van der Waals surface area contributed by atoms with Crippen LogP contribution < -0.4 is 20.9 Å². The van der Waals surface area contributed by atoms with Crippen LogP contribution in [0.3, 0.4) is 0 Å². The van der Waals surface area contributed by atoms with Crippen molar-refractivity contribution < 1.29 is 32.6 Å². The fraction of sp³-hybridized carbons (Fsp3) is 0.542. The first-order valence-corrected chi connectivity index (χ1v) is 13.7. The molecule has 1 aromatic heterocycles. The topological polar surface area (TPSA) is 147 Å². The van der Waals surface area contributed by atoms with Gasteiger partial charge in [-0.15, -0.1) is 0 Å². The molecule has 0 radical (unpaired) electrons. The first kappa shape index (κ1) is 28.8. The predicted octanol–water partition coefficient (Wildman–Crippen LogP) is 3.02. The first-order chi connectivity index (χ1) is 17.6. The number of carbonyl (C=O) groups excluding carboxylic acids is 1. The number of para-hydroxylation sites is 1. The Hall–Kier alpha value is -2.76. The van der Waals surface area contributed by atoms with Crippen LogP contribution in [0.4, 0.5) is 0 Å². The number of ether oxygens (including phenoxy) is 3. The van der Waals surface area contributed by atoms with Crippen molar-refractivity contribution in [3.63, 3.8) is 0 Å². The Labute approximate surface area is 214 Å². The van der Waals surface area contributed by atoms with Crippen LogP contribution in [-0.2, 0) is 28.1 Å². The number of benzene rings is 1. The summed E-state index contributed by atoms with van der Waals surface area (Å²) in [5, 5.41) is 2.62. The average molecular weight is 540 g/mol. The van der Waals surface area contributed by atoms with Crippen molar-refractivity contribution in [1.82, 2.24) is 14.6 Å². The van der Waals surface area contributed by atoms with E-state index in [1.165, 1.54) is 17.7 Å². The van der Waals surface area contributed by atoms with E-state index in [2.05, 4.69) is 10.1 Å². The number of hydrogen-bond acceptors (Lipinski definition) is 9. The second kappa shape index (κ2) is 13.2. The molecule has 0 aliphatic carbocycles. The number of aromatic nitrogens is 2. The molecule has 2 N–H and O–H groups in total. The minimum absolute atomic E-state index is 0.00489. The van der Waals surface area contributed by atoms with Gasteiger partial charge in [0.1, 0.15) is 18.4 Å². The standard InChI is InChI=1S/C24H34N3O9P/c1-5-6-10-17(3)34-23(29)18(4)26-37(31,36-19-11-8-7-9-12-19)33-15-21-32-14-20(35-21)27-13-16(2)22(28)25-24(27)30/h7-9,11-13,17-18,20-21H,5-6,10,14-15H2,1-4H3,(H,26,31)(H,25,28,30)/t17?,18?,20-,21-,37?/m1/s1. The molecule has 37 heavy (non-hydrogen) atoms. The Balaban J connectivity index is 1.66. The Morgan fingerprint density at radius 1 is 1.27 bits per heavy atom. The zero-order valence-corrected chi connectivity index (χ0v) is 22.3. The quantitative estimate of drug-likeness (QED) is 0.288. The number of H-pyrrole nitrogens is 1. The number of unbranched alkanes of at least 4 members (excludes halogenated alkanes) is 1. The van der Waals surface area contributed by atoms with Crippen LogP contribution in [0.2, 0.25) is 0 Å². The van der Waals surface area contributed by atoms with Crippen molar-refractivity contribution in [3.8, 4) is 5.75 Å². The minimum Gasteiger partial charge on any atom is -0.462 e. The molecule has 3 unspecified atom stereocenters. The average Bonchev–Trinajstić information content (AvgIpc) is 3.33. The van der Waals surface area contributed by atoms with Gasteiger partial charge in [0.05, 0.1) is 12.7 Å². The zero-order chi connectivity index (χ0) is 27.0. The largest absolute Gasteiger partial charge is 0.462 e. The molecular formula is C24H34N3O9P. The van der Waals surface area contributed by atoms with Crippen LogP contribution in [0.15, 0.2) is 46.1 Å². The lowest BCUT2D eigenvalue weighted by atomic mass is 10.2. The SMILES string of the molecule is CCCCC(C)OC(=O)C(C)NP(=O)(OC[C@@H]1OC[C@H](n2cc(C)c(=O)[nH]c2=O)O1)Oc1ccccc1. The van der Waals surface area contributed by atoms with Crippen LogP contribution >= 0.6 is 7.75 Å². The minimum atomic E-state index is -4.11. The summed E-state index contributed by atoms with van der Waals surface area (Å²) in [6.07, 6.45) is 1.89. The summed E-state index contributed by atoms with van der Waals surface area (Å²) in [5.41, 5.74) is -0.804. The van der Waals surface area contributed by atoms with Crippen molar-refractivity contribution in [2.24, 2.45) is 0 Å². The van der Waals surface area contributed by atoms with Gasteiger partial charge in [0.25, 0.3) is 5.56 Å². The Kier molecular flexibility index (Phi) is 10.2. The third-order valence-electron chi connectivity index (χ3n) is 5.53. The summed E-state index contributed by atoms with van der Waals surface area (Å²) in [5.74, 6) is -0.332. The number of hydrogen-bond donors (Lipinski definition) is 2. The number of nitrogens with one attached hydrogen (secondary N) is 2. The monoisotopic (exact) mass is 539 g/mol. The number of aryl methyl sites for hydroxylation is 1. The van der Waals surface area contributed by atoms with Gasteiger partial charge in [0, 0.05) is 11.8 Å². The number of aromatic amines is 1. The number of carbonyl (C=O) groups is 1. The van der Waals surface area contributed by atoms with Crippen LogP contribution in [0, 0.1) is 6.92 Å². The molecule has 0 saturated carbocycles. The van der Waals surface area contributed by atoms with Crippen LogP contribution in [0.25, 0.3) is 0 Å². The van der Waals surface area contributed by atoms with Crippen molar-refractivity contribution in [1.29, 1.82) is 0 Å². The molecule has 1 aliphatic rings. The molecule has 2 heterocycles. The maximum absolute atomic E-state index is 13.6. The molecule has 5 atom stereocenters. The maximum Gasteiger partial charge on any atom is 0.459 e. The van der Waals surface area contributed by atoms with Gasteiger partial charge in [-0.3, -0.25) is 23.7 Å². The molecule has 0 amide bonds. The van der Waals surface area contributed by atoms with E-state index in [-0.39, 0.29) is 25.1 Å². The smallest absolute Gasteiger partial charge is 0.459 e. The molecule has 0 spiro atoms. The Bertz CT molecular complexity index is 1200. The van der Waals surface area contributed by atoms with E-state index in [4.69, 9.17) is 23.3 Å². The van der Waals surface area contributed by atoms with Gasteiger partial charge in [-0.25, -0.2) is 9.36 Å². The van der Waals surface area contributed by atoms with Gasteiger partial charge in [0.15, 0.2) is 12.5 Å². The summed E-state index contributed by atoms with van der Waals surface area (Å²) in [4.78, 5) is 38.6. The van der Waals surface area contributed by atoms with Gasteiger partial charge >= 0.3 is 19.4 Å². The molecule has 13 heteroatoms.